The highest BCUT2D eigenvalue weighted by Gasteiger charge is 2.10. The van der Waals surface area contributed by atoms with E-state index in [0.29, 0.717) is 18.2 Å². The summed E-state index contributed by atoms with van der Waals surface area (Å²) in [5, 5.41) is 2.81. The molecule has 0 spiro atoms. The topological polar surface area (TPSA) is 64.3 Å². The number of carbonyl (C=O) groups excluding carboxylic acids is 1. The van der Waals surface area contributed by atoms with E-state index in [2.05, 4.69) is 21.2 Å². The van der Waals surface area contributed by atoms with E-state index >= 15 is 0 Å². The minimum Gasteiger partial charge on any atom is -0.483 e. The van der Waals surface area contributed by atoms with Crippen molar-refractivity contribution in [1.29, 1.82) is 0 Å². The number of rotatable bonds is 6. The second-order valence-electron chi connectivity index (χ2n) is 4.96. The van der Waals surface area contributed by atoms with E-state index in [4.69, 9.17) is 10.5 Å². The predicted molar refractivity (Wildman–Crippen MR) is 80.1 cm³/mol. The first-order valence-electron chi connectivity index (χ1n) is 6.34. The van der Waals surface area contributed by atoms with Crippen LogP contribution in [-0.2, 0) is 4.79 Å². The van der Waals surface area contributed by atoms with Crippen LogP contribution < -0.4 is 15.8 Å². The van der Waals surface area contributed by atoms with Crippen molar-refractivity contribution in [2.75, 3.05) is 13.2 Å². The van der Waals surface area contributed by atoms with Gasteiger partial charge in [0.1, 0.15) is 5.75 Å². The highest BCUT2D eigenvalue weighted by molar-refractivity contribution is 9.10. The van der Waals surface area contributed by atoms with Gasteiger partial charge in [-0.15, -0.1) is 0 Å². The van der Waals surface area contributed by atoms with Gasteiger partial charge in [-0.25, -0.2) is 0 Å². The second-order valence-corrected chi connectivity index (χ2v) is 5.87. The Morgan fingerprint density at radius 2 is 2.11 bits per heavy atom. The van der Waals surface area contributed by atoms with E-state index in [9.17, 15) is 4.79 Å². The quantitative estimate of drug-likeness (QED) is 0.843. The molecule has 1 rings (SSSR count). The average molecular weight is 329 g/mol. The Morgan fingerprint density at radius 3 is 2.68 bits per heavy atom. The summed E-state index contributed by atoms with van der Waals surface area (Å²) in [7, 11) is 0. The highest BCUT2D eigenvalue weighted by atomic mass is 79.9. The summed E-state index contributed by atoms with van der Waals surface area (Å²) >= 11 is 3.40. The molecule has 0 heterocycles. The zero-order valence-electron chi connectivity index (χ0n) is 11.6. The molecule has 1 aromatic rings. The lowest BCUT2D eigenvalue weighted by Crippen LogP contribution is -2.31. The zero-order valence-corrected chi connectivity index (χ0v) is 13.2. The molecule has 0 saturated heterocycles. The van der Waals surface area contributed by atoms with Gasteiger partial charge in [0.15, 0.2) is 6.61 Å². The van der Waals surface area contributed by atoms with Crippen LogP contribution in [0.2, 0.25) is 0 Å². The van der Waals surface area contributed by atoms with Crippen molar-refractivity contribution in [3.05, 3.63) is 28.2 Å². The van der Waals surface area contributed by atoms with Crippen LogP contribution in [0.15, 0.2) is 22.7 Å². The van der Waals surface area contributed by atoms with Gasteiger partial charge < -0.3 is 15.8 Å². The molecule has 3 N–H and O–H groups in total. The Hall–Kier alpha value is -1.07. The summed E-state index contributed by atoms with van der Waals surface area (Å²) in [6, 6.07) is 5.45. The summed E-state index contributed by atoms with van der Waals surface area (Å²) in [5.41, 5.74) is 6.77. The molecule has 19 heavy (non-hydrogen) atoms. The van der Waals surface area contributed by atoms with Crippen molar-refractivity contribution in [3.8, 4) is 5.75 Å². The van der Waals surface area contributed by atoms with E-state index in [1.54, 1.807) is 0 Å². The number of halogens is 1. The second kappa shape index (κ2) is 7.50. The minimum atomic E-state index is -0.147. The molecule has 0 saturated carbocycles. The number of ether oxygens (including phenoxy) is 1. The lowest BCUT2D eigenvalue weighted by molar-refractivity contribution is -0.123. The molecule has 0 aliphatic heterocycles. The Bertz CT molecular complexity index is 433. The molecule has 1 aromatic carbocycles. The number of nitrogens with two attached hydrogens (primary N) is 1. The van der Waals surface area contributed by atoms with E-state index in [-0.39, 0.29) is 18.6 Å². The number of benzene rings is 1. The monoisotopic (exact) mass is 328 g/mol. The predicted octanol–water partition coefficient (Wildman–Crippen LogP) is 2.62. The number of hydrogen-bond donors (Lipinski definition) is 2. The number of nitrogens with one attached hydrogen (secondary N) is 1. The van der Waals surface area contributed by atoms with Crippen LogP contribution in [0.25, 0.3) is 0 Å². The van der Waals surface area contributed by atoms with Crippen molar-refractivity contribution < 1.29 is 9.53 Å². The highest BCUT2D eigenvalue weighted by Crippen LogP contribution is 2.27. The molecule has 0 fully saturated rings. The minimum absolute atomic E-state index is 0.00801. The molecule has 0 aromatic heterocycles. The molecule has 4 nitrogen and oxygen atoms in total. The van der Waals surface area contributed by atoms with Gasteiger partial charge in [0.25, 0.3) is 5.91 Å². The molecule has 1 atom stereocenters. The van der Waals surface area contributed by atoms with E-state index in [1.807, 2.05) is 39.0 Å². The molecule has 0 bridgehead atoms. The summed E-state index contributed by atoms with van der Waals surface area (Å²) in [4.78, 5) is 11.6. The third-order valence-corrected chi connectivity index (χ3v) is 3.02. The lowest BCUT2D eigenvalue weighted by Gasteiger charge is -2.14. The number of amides is 1. The molecule has 0 aliphatic carbocycles. The van der Waals surface area contributed by atoms with Gasteiger partial charge in [-0.1, -0.05) is 29.8 Å². The van der Waals surface area contributed by atoms with Gasteiger partial charge in [0.05, 0.1) is 0 Å². The van der Waals surface area contributed by atoms with Gasteiger partial charge in [0.2, 0.25) is 0 Å². The third kappa shape index (κ3) is 5.61. The Labute approximate surface area is 122 Å². The van der Waals surface area contributed by atoms with E-state index in [0.717, 1.165) is 10.0 Å². The fraction of sp³-hybridized carbons (Fsp3) is 0.500. The van der Waals surface area contributed by atoms with E-state index in [1.165, 1.54) is 0 Å². The molecule has 1 amide bonds. The van der Waals surface area contributed by atoms with Gasteiger partial charge in [-0.05, 0) is 31.0 Å². The summed E-state index contributed by atoms with van der Waals surface area (Å²) < 4.78 is 6.48. The maximum absolute atomic E-state index is 11.6. The Kier molecular flexibility index (Phi) is 6.31. The van der Waals surface area contributed by atoms with Crippen LogP contribution >= 0.6 is 15.9 Å². The first-order valence-corrected chi connectivity index (χ1v) is 7.14. The SMILES string of the molecule is CC(C)CNC(=O)COc1ccc(Br)cc1C(C)N. The summed E-state index contributed by atoms with van der Waals surface area (Å²) in [5.74, 6) is 0.960. The summed E-state index contributed by atoms with van der Waals surface area (Å²) in [6.45, 7) is 6.64. The van der Waals surface area contributed by atoms with Crippen LogP contribution in [0.5, 0.6) is 5.75 Å². The fourth-order valence-corrected chi connectivity index (χ4v) is 1.90. The Morgan fingerprint density at radius 1 is 1.42 bits per heavy atom. The van der Waals surface area contributed by atoms with Crippen LogP contribution in [0.1, 0.15) is 32.4 Å². The number of carbonyl (C=O) groups is 1. The molecular formula is C14H21BrN2O2. The van der Waals surface area contributed by atoms with Crippen molar-refractivity contribution >= 4 is 21.8 Å². The van der Waals surface area contributed by atoms with Gasteiger partial charge >= 0.3 is 0 Å². The molecular weight excluding hydrogens is 308 g/mol. The van der Waals surface area contributed by atoms with Gasteiger partial charge in [0, 0.05) is 22.6 Å². The maximum atomic E-state index is 11.6. The fourth-order valence-electron chi connectivity index (χ4n) is 1.52. The van der Waals surface area contributed by atoms with E-state index < -0.39 is 0 Å². The smallest absolute Gasteiger partial charge is 0.257 e. The number of hydrogen-bond acceptors (Lipinski definition) is 3. The first kappa shape index (κ1) is 16.0. The van der Waals surface area contributed by atoms with Gasteiger partial charge in [-0.2, -0.15) is 0 Å². The molecule has 5 heteroatoms. The van der Waals surface area contributed by atoms with Crippen LogP contribution in [0, 0.1) is 5.92 Å². The van der Waals surface area contributed by atoms with Crippen LogP contribution in [0.4, 0.5) is 0 Å². The maximum Gasteiger partial charge on any atom is 0.257 e. The average Bonchev–Trinajstić information content (AvgIpc) is 2.34. The van der Waals surface area contributed by atoms with Crippen molar-refractivity contribution in [2.24, 2.45) is 11.7 Å². The van der Waals surface area contributed by atoms with Crippen molar-refractivity contribution in [1.82, 2.24) is 5.32 Å². The largest absolute Gasteiger partial charge is 0.483 e. The third-order valence-electron chi connectivity index (χ3n) is 2.53. The van der Waals surface area contributed by atoms with Crippen LogP contribution in [0.3, 0.4) is 0 Å². The molecule has 1 unspecified atom stereocenters. The van der Waals surface area contributed by atoms with Crippen molar-refractivity contribution in [3.63, 3.8) is 0 Å². The van der Waals surface area contributed by atoms with Crippen LogP contribution in [-0.4, -0.2) is 19.1 Å². The molecule has 0 radical (unpaired) electrons. The van der Waals surface area contributed by atoms with Gasteiger partial charge in [-0.3, -0.25) is 4.79 Å². The van der Waals surface area contributed by atoms with Crippen molar-refractivity contribution in [2.45, 2.75) is 26.8 Å². The lowest BCUT2D eigenvalue weighted by atomic mass is 10.1. The normalized spacial score (nSPS) is 12.3. The standard InChI is InChI=1S/C14H21BrN2O2/c1-9(2)7-17-14(18)8-19-13-5-4-11(15)6-12(13)10(3)16/h4-6,9-10H,7-8,16H2,1-3H3,(H,17,18). The first-order chi connectivity index (χ1) is 8.90. The summed E-state index contributed by atoms with van der Waals surface area (Å²) in [6.07, 6.45) is 0. The molecule has 0 aliphatic rings. The Balaban J connectivity index is 2.60. The molecule has 106 valence electrons. The zero-order chi connectivity index (χ0) is 14.4.